The highest BCUT2D eigenvalue weighted by molar-refractivity contribution is 7.88. The average molecular weight is 264 g/mol. The van der Waals surface area contributed by atoms with Gasteiger partial charge in [-0.3, -0.25) is 4.79 Å². The molecular formula is C10H20N2O4S. The Bertz CT molecular complexity index is 369. The molecule has 100 valence electrons. The van der Waals surface area contributed by atoms with Crippen molar-refractivity contribution in [2.45, 2.75) is 6.92 Å². The van der Waals surface area contributed by atoms with Crippen LogP contribution in [0.5, 0.6) is 0 Å². The third-order valence-corrected chi connectivity index (χ3v) is 4.15. The first kappa shape index (κ1) is 14.4. The SMILES string of the molecule is COC[C@@H]1CN(C(C)=O)CCN(S(C)(=O)=O)C1. The van der Waals surface area contributed by atoms with Crippen LogP contribution in [0, 0.1) is 5.92 Å². The highest BCUT2D eigenvalue weighted by atomic mass is 32.2. The van der Waals surface area contributed by atoms with E-state index in [0.717, 1.165) is 0 Å². The maximum atomic E-state index is 11.5. The van der Waals surface area contributed by atoms with Crippen molar-refractivity contribution >= 4 is 15.9 Å². The molecule has 1 atom stereocenters. The first-order valence-corrected chi connectivity index (χ1v) is 7.39. The van der Waals surface area contributed by atoms with Crippen LogP contribution >= 0.6 is 0 Å². The second-order valence-electron chi connectivity index (χ2n) is 4.41. The van der Waals surface area contributed by atoms with E-state index in [9.17, 15) is 13.2 Å². The molecule has 1 rings (SSSR count). The number of sulfonamides is 1. The number of ether oxygens (including phenoxy) is 1. The van der Waals surface area contributed by atoms with Gasteiger partial charge >= 0.3 is 0 Å². The Morgan fingerprint density at radius 3 is 2.47 bits per heavy atom. The molecule has 0 N–H and O–H groups in total. The number of amides is 1. The fraction of sp³-hybridized carbons (Fsp3) is 0.900. The van der Waals surface area contributed by atoms with E-state index in [1.165, 1.54) is 17.5 Å². The summed E-state index contributed by atoms with van der Waals surface area (Å²) in [6.07, 6.45) is 1.19. The van der Waals surface area contributed by atoms with Crippen LogP contribution in [0.4, 0.5) is 0 Å². The van der Waals surface area contributed by atoms with Gasteiger partial charge in [-0.1, -0.05) is 0 Å². The zero-order valence-electron chi connectivity index (χ0n) is 10.5. The zero-order chi connectivity index (χ0) is 13.1. The molecule has 1 saturated heterocycles. The van der Waals surface area contributed by atoms with Crippen molar-refractivity contribution in [3.8, 4) is 0 Å². The van der Waals surface area contributed by atoms with Crippen LogP contribution in [0.15, 0.2) is 0 Å². The Balaban J connectivity index is 2.80. The summed E-state index contributed by atoms with van der Waals surface area (Å²) in [5.41, 5.74) is 0. The summed E-state index contributed by atoms with van der Waals surface area (Å²) >= 11 is 0. The van der Waals surface area contributed by atoms with E-state index in [1.807, 2.05) is 0 Å². The van der Waals surface area contributed by atoms with Crippen LogP contribution < -0.4 is 0 Å². The first-order valence-electron chi connectivity index (χ1n) is 5.54. The summed E-state index contributed by atoms with van der Waals surface area (Å²) in [4.78, 5) is 13.1. The smallest absolute Gasteiger partial charge is 0.219 e. The summed E-state index contributed by atoms with van der Waals surface area (Å²) in [5, 5.41) is 0. The topological polar surface area (TPSA) is 66.9 Å². The van der Waals surface area contributed by atoms with Gasteiger partial charge in [-0.15, -0.1) is 0 Å². The molecule has 0 aromatic carbocycles. The van der Waals surface area contributed by atoms with Gasteiger partial charge in [0.05, 0.1) is 12.9 Å². The van der Waals surface area contributed by atoms with E-state index in [0.29, 0.717) is 32.8 Å². The second-order valence-corrected chi connectivity index (χ2v) is 6.39. The standard InChI is InChI=1S/C10H20N2O4S/c1-9(13)11-4-5-12(17(3,14)15)7-10(6-11)8-16-2/h10H,4-8H2,1-3H3/t10-/m1/s1. The van der Waals surface area contributed by atoms with E-state index in [1.54, 1.807) is 12.0 Å². The molecule has 0 radical (unpaired) electrons. The van der Waals surface area contributed by atoms with Crippen LogP contribution in [0.2, 0.25) is 0 Å². The van der Waals surface area contributed by atoms with E-state index in [2.05, 4.69) is 0 Å². The van der Waals surface area contributed by atoms with E-state index in [4.69, 9.17) is 4.74 Å². The molecular weight excluding hydrogens is 244 g/mol. The number of carbonyl (C=O) groups is 1. The molecule has 6 nitrogen and oxygen atoms in total. The summed E-state index contributed by atoms with van der Waals surface area (Å²) < 4.78 is 29.6. The van der Waals surface area contributed by atoms with Gasteiger partial charge in [0.25, 0.3) is 0 Å². The lowest BCUT2D eigenvalue weighted by molar-refractivity contribution is -0.129. The molecule has 1 fully saturated rings. The third-order valence-electron chi connectivity index (χ3n) is 2.88. The van der Waals surface area contributed by atoms with Crippen molar-refractivity contribution in [1.82, 2.24) is 9.21 Å². The summed E-state index contributed by atoms with van der Waals surface area (Å²) in [6, 6.07) is 0. The number of hydrogen-bond acceptors (Lipinski definition) is 4. The van der Waals surface area contributed by atoms with Crippen LogP contribution in [-0.2, 0) is 19.6 Å². The lowest BCUT2D eigenvalue weighted by atomic mass is 10.1. The van der Waals surface area contributed by atoms with Crippen molar-refractivity contribution in [3.63, 3.8) is 0 Å². The van der Waals surface area contributed by atoms with Crippen molar-refractivity contribution in [1.29, 1.82) is 0 Å². The monoisotopic (exact) mass is 264 g/mol. The van der Waals surface area contributed by atoms with Gasteiger partial charge in [0.15, 0.2) is 0 Å². The Hall–Kier alpha value is -0.660. The maximum Gasteiger partial charge on any atom is 0.219 e. The number of hydrogen-bond donors (Lipinski definition) is 0. The van der Waals surface area contributed by atoms with Gasteiger partial charge in [-0.25, -0.2) is 8.42 Å². The highest BCUT2D eigenvalue weighted by Crippen LogP contribution is 2.13. The van der Waals surface area contributed by atoms with Gasteiger partial charge in [-0.2, -0.15) is 4.31 Å². The first-order chi connectivity index (χ1) is 7.84. The van der Waals surface area contributed by atoms with Crippen molar-refractivity contribution in [3.05, 3.63) is 0 Å². The molecule has 17 heavy (non-hydrogen) atoms. The molecule has 0 saturated carbocycles. The fourth-order valence-corrected chi connectivity index (χ4v) is 2.90. The van der Waals surface area contributed by atoms with Crippen LogP contribution in [0.25, 0.3) is 0 Å². The molecule has 0 aromatic rings. The lowest BCUT2D eigenvalue weighted by Crippen LogP contribution is -2.36. The van der Waals surface area contributed by atoms with Gasteiger partial charge < -0.3 is 9.64 Å². The Morgan fingerprint density at radius 1 is 1.35 bits per heavy atom. The minimum Gasteiger partial charge on any atom is -0.384 e. The molecule has 1 heterocycles. The Kier molecular flexibility index (Phi) is 4.91. The van der Waals surface area contributed by atoms with E-state index < -0.39 is 10.0 Å². The predicted octanol–water partition coefficient (Wildman–Crippen LogP) is -0.627. The Morgan fingerprint density at radius 2 is 2.00 bits per heavy atom. The fourth-order valence-electron chi connectivity index (χ4n) is 2.00. The molecule has 0 unspecified atom stereocenters. The number of carbonyl (C=O) groups excluding carboxylic acids is 1. The van der Waals surface area contributed by atoms with Crippen molar-refractivity contribution < 1.29 is 17.9 Å². The quantitative estimate of drug-likeness (QED) is 0.681. The number of nitrogens with zero attached hydrogens (tertiary/aromatic N) is 2. The van der Waals surface area contributed by atoms with Gasteiger partial charge in [0.2, 0.25) is 15.9 Å². The third kappa shape index (κ3) is 4.25. The number of methoxy groups -OCH3 is 1. The molecule has 7 heteroatoms. The molecule has 0 aliphatic carbocycles. The van der Waals surface area contributed by atoms with E-state index >= 15 is 0 Å². The summed E-state index contributed by atoms with van der Waals surface area (Å²) in [5.74, 6) is 0.00239. The molecule has 1 aliphatic heterocycles. The maximum absolute atomic E-state index is 11.5. The highest BCUT2D eigenvalue weighted by Gasteiger charge is 2.28. The average Bonchev–Trinajstić information content (AvgIpc) is 2.40. The van der Waals surface area contributed by atoms with Crippen LogP contribution in [-0.4, -0.2) is 69.7 Å². The summed E-state index contributed by atoms with van der Waals surface area (Å²) in [6.45, 7) is 3.72. The normalized spacial score (nSPS) is 23.5. The van der Waals surface area contributed by atoms with Crippen LogP contribution in [0.1, 0.15) is 6.92 Å². The molecule has 0 spiro atoms. The van der Waals surface area contributed by atoms with Crippen molar-refractivity contribution in [2.24, 2.45) is 5.92 Å². The van der Waals surface area contributed by atoms with Gasteiger partial charge in [0.1, 0.15) is 0 Å². The van der Waals surface area contributed by atoms with Gasteiger partial charge in [-0.05, 0) is 0 Å². The predicted molar refractivity (Wildman–Crippen MR) is 64.0 cm³/mol. The van der Waals surface area contributed by atoms with Gasteiger partial charge in [0, 0.05) is 46.1 Å². The molecule has 0 bridgehead atoms. The van der Waals surface area contributed by atoms with Crippen LogP contribution in [0.3, 0.4) is 0 Å². The minimum absolute atomic E-state index is 0.0264. The molecule has 0 aromatic heterocycles. The number of rotatable bonds is 3. The second kappa shape index (κ2) is 5.79. The molecule has 1 aliphatic rings. The van der Waals surface area contributed by atoms with E-state index in [-0.39, 0.29) is 11.8 Å². The molecule has 1 amide bonds. The van der Waals surface area contributed by atoms with Crippen molar-refractivity contribution in [2.75, 3.05) is 46.2 Å². The summed E-state index contributed by atoms with van der Waals surface area (Å²) in [7, 11) is -1.63. The largest absolute Gasteiger partial charge is 0.384 e. The lowest BCUT2D eigenvalue weighted by Gasteiger charge is -2.22. The Labute approximate surface area is 103 Å². The zero-order valence-corrected chi connectivity index (χ0v) is 11.4. The minimum atomic E-state index is -3.21.